The fraction of sp³-hybridized carbons (Fsp3) is 0.586. The Kier molecular flexibility index (Phi) is 8.44. The fourth-order valence-electron chi connectivity index (χ4n) is 5.77. The largest absolute Gasteiger partial charge is 0.443 e. The minimum absolute atomic E-state index is 0.0335. The first kappa shape index (κ1) is 29.8. The molecule has 2 fully saturated rings. The Labute approximate surface area is 245 Å². The van der Waals surface area contributed by atoms with Crippen molar-refractivity contribution in [2.45, 2.75) is 95.4 Å². The maximum Gasteiger partial charge on any atom is 0.415 e. The van der Waals surface area contributed by atoms with Crippen molar-refractivity contribution in [3.05, 3.63) is 41.9 Å². The third kappa shape index (κ3) is 6.22. The maximum absolute atomic E-state index is 13.4. The van der Waals surface area contributed by atoms with E-state index in [9.17, 15) is 19.8 Å². The number of methoxy groups -OCH3 is 1. The zero-order valence-corrected chi connectivity index (χ0v) is 24.8. The van der Waals surface area contributed by atoms with Crippen LogP contribution in [0.5, 0.6) is 0 Å². The summed E-state index contributed by atoms with van der Waals surface area (Å²) in [5.74, 6) is 0.263. The fourth-order valence-corrected chi connectivity index (χ4v) is 5.77. The highest BCUT2D eigenvalue weighted by Crippen LogP contribution is 2.31. The van der Waals surface area contributed by atoms with Gasteiger partial charge >= 0.3 is 6.09 Å². The third-order valence-corrected chi connectivity index (χ3v) is 7.96. The van der Waals surface area contributed by atoms with Crippen molar-refractivity contribution in [1.29, 1.82) is 0 Å². The molecule has 228 valence electrons. The van der Waals surface area contributed by atoms with E-state index in [0.717, 1.165) is 32.1 Å². The number of allylic oxidation sites excluding steroid dienone is 2. The smallest absolute Gasteiger partial charge is 0.415 e. The molecule has 0 radical (unpaired) electrons. The summed E-state index contributed by atoms with van der Waals surface area (Å²) in [4.78, 5) is 34.2. The number of hydrogen-bond acceptors (Lipinski definition) is 10. The highest BCUT2D eigenvalue weighted by molar-refractivity contribution is 6.00. The number of carbonyl (C=O) groups excluding carboxylic acids is 2. The summed E-state index contributed by atoms with van der Waals surface area (Å²) in [7, 11) is 3.23. The Hall–Kier alpha value is -3.68. The second-order valence-electron chi connectivity index (χ2n) is 12.1. The molecule has 2 aromatic heterocycles. The lowest BCUT2D eigenvalue weighted by Crippen LogP contribution is -2.46. The average molecular weight is 584 g/mol. The van der Waals surface area contributed by atoms with Crippen molar-refractivity contribution in [2.75, 3.05) is 24.4 Å². The molecule has 5 atom stereocenters. The molecule has 3 heterocycles. The van der Waals surface area contributed by atoms with E-state index < -0.39 is 24.0 Å². The van der Waals surface area contributed by atoms with Gasteiger partial charge in [0.05, 0.1) is 30.1 Å². The van der Waals surface area contributed by atoms with Gasteiger partial charge < -0.3 is 35.2 Å². The Bertz CT molecular complexity index is 1380. The topological polar surface area (TPSA) is 154 Å². The summed E-state index contributed by atoms with van der Waals surface area (Å²) in [5.41, 5.74) is 0.175. The zero-order chi connectivity index (χ0) is 30.2. The van der Waals surface area contributed by atoms with Crippen LogP contribution in [-0.2, 0) is 9.47 Å². The van der Waals surface area contributed by atoms with Crippen LogP contribution in [0.2, 0.25) is 0 Å². The first-order chi connectivity index (χ1) is 19.9. The van der Waals surface area contributed by atoms with Crippen LogP contribution in [0.25, 0.3) is 5.65 Å². The van der Waals surface area contributed by atoms with Crippen LogP contribution in [0.3, 0.4) is 0 Å². The van der Waals surface area contributed by atoms with Crippen molar-refractivity contribution in [3.63, 3.8) is 0 Å². The molecule has 0 bridgehead atoms. The minimum Gasteiger partial charge on any atom is -0.443 e. The number of aliphatic hydroxyl groups excluding tert-OH is 2. The molecule has 5 rings (SSSR count). The normalized spacial score (nSPS) is 25.9. The van der Waals surface area contributed by atoms with Gasteiger partial charge in [-0.1, -0.05) is 0 Å². The quantitative estimate of drug-likeness (QED) is 0.383. The van der Waals surface area contributed by atoms with Crippen LogP contribution in [0.4, 0.5) is 16.4 Å². The first-order valence-corrected chi connectivity index (χ1v) is 14.4. The number of anilines is 2. The molecule has 2 aliphatic carbocycles. The second-order valence-corrected chi connectivity index (χ2v) is 12.1. The van der Waals surface area contributed by atoms with Crippen LogP contribution in [0, 0.1) is 0 Å². The van der Waals surface area contributed by atoms with Gasteiger partial charge in [0.1, 0.15) is 22.8 Å². The van der Waals surface area contributed by atoms with Gasteiger partial charge in [0, 0.05) is 32.5 Å². The van der Waals surface area contributed by atoms with Crippen LogP contribution < -0.4 is 15.5 Å². The summed E-state index contributed by atoms with van der Waals surface area (Å²) < 4.78 is 12.4. The predicted octanol–water partition coefficient (Wildman–Crippen LogP) is 2.75. The molecular weight excluding hydrogens is 542 g/mol. The van der Waals surface area contributed by atoms with Gasteiger partial charge in [-0.3, -0.25) is 9.69 Å². The van der Waals surface area contributed by atoms with Crippen LogP contribution in [0.1, 0.15) is 69.7 Å². The molecular formula is C29H41N7O6. The number of aromatic nitrogens is 3. The number of nitrogens with one attached hydrogen (secondary N) is 2. The van der Waals surface area contributed by atoms with E-state index in [1.54, 1.807) is 64.2 Å². The molecule has 3 aliphatic rings. The molecule has 42 heavy (non-hydrogen) atoms. The standard InChI is InChI=1S/C29H41N7O6/c1-29(2,3)42-28(40)34(4)24-15-23(32-20-8-7-13-35(27(20)39)21-9-6-10-22(21)37)33-25-19(16-30-36(24)25)26(38)31-17-11-12-18(14-17)41-5/h7-8,13,15-18,21-22,27,37,39H,6,9-12,14H2,1-5H3,(H,31,38)(H,32,33)/t17-,18-,21+,22-,27?/m0/s1. The number of fused-ring (bicyclic) bond motifs is 1. The van der Waals surface area contributed by atoms with E-state index in [0.29, 0.717) is 17.9 Å². The van der Waals surface area contributed by atoms with E-state index in [-0.39, 0.29) is 41.1 Å². The molecule has 0 spiro atoms. The van der Waals surface area contributed by atoms with Crippen molar-refractivity contribution >= 4 is 29.3 Å². The lowest BCUT2D eigenvalue weighted by molar-refractivity contribution is -0.000966. The molecule has 1 aliphatic heterocycles. The molecule has 2 aromatic rings. The van der Waals surface area contributed by atoms with E-state index in [1.807, 2.05) is 0 Å². The van der Waals surface area contributed by atoms with E-state index in [4.69, 9.17) is 9.47 Å². The van der Waals surface area contributed by atoms with E-state index in [2.05, 4.69) is 20.7 Å². The Morgan fingerprint density at radius 1 is 1.17 bits per heavy atom. The van der Waals surface area contributed by atoms with Crippen molar-refractivity contribution in [1.82, 2.24) is 24.8 Å². The summed E-state index contributed by atoms with van der Waals surface area (Å²) in [6.07, 6.45) is 9.36. The molecule has 2 amide bonds. The molecule has 4 N–H and O–H groups in total. The molecule has 13 heteroatoms. The van der Waals surface area contributed by atoms with Crippen molar-refractivity contribution in [2.24, 2.45) is 0 Å². The number of nitrogens with zero attached hydrogens (tertiary/aromatic N) is 5. The number of rotatable bonds is 7. The zero-order valence-electron chi connectivity index (χ0n) is 24.8. The highest BCUT2D eigenvalue weighted by Gasteiger charge is 2.35. The lowest BCUT2D eigenvalue weighted by Gasteiger charge is -2.37. The second kappa shape index (κ2) is 11.9. The highest BCUT2D eigenvalue weighted by atomic mass is 16.6. The van der Waals surface area contributed by atoms with Gasteiger partial charge in [-0.05, 0) is 71.4 Å². The SMILES string of the molecule is CO[C@H]1CC[C@H](NC(=O)c2cnn3c(N(C)C(=O)OC(C)(C)C)cc(NC4=CC=CN([C@@H]5CCC[C@@H]5O)C4O)nc23)C1. The monoisotopic (exact) mass is 583 g/mol. The van der Waals surface area contributed by atoms with E-state index in [1.165, 1.54) is 15.6 Å². The Morgan fingerprint density at radius 2 is 1.95 bits per heavy atom. The number of amides is 2. The first-order valence-electron chi connectivity index (χ1n) is 14.4. The Morgan fingerprint density at radius 3 is 2.62 bits per heavy atom. The molecule has 1 unspecified atom stereocenters. The van der Waals surface area contributed by atoms with Gasteiger partial charge in [0.15, 0.2) is 11.9 Å². The number of ether oxygens (including phenoxy) is 2. The number of hydrogen-bond donors (Lipinski definition) is 4. The van der Waals surface area contributed by atoms with Crippen molar-refractivity contribution < 1.29 is 29.3 Å². The summed E-state index contributed by atoms with van der Waals surface area (Å²) >= 11 is 0. The van der Waals surface area contributed by atoms with Crippen LogP contribution >= 0.6 is 0 Å². The summed E-state index contributed by atoms with van der Waals surface area (Å²) in [6.45, 7) is 5.33. The molecule has 0 aromatic carbocycles. The van der Waals surface area contributed by atoms with E-state index >= 15 is 0 Å². The van der Waals surface area contributed by atoms with Gasteiger partial charge in [0.2, 0.25) is 0 Å². The van der Waals surface area contributed by atoms with Gasteiger partial charge in [-0.25, -0.2) is 9.78 Å². The molecule has 0 saturated heterocycles. The average Bonchev–Trinajstić information content (AvgIpc) is 3.68. The Balaban J connectivity index is 1.47. The maximum atomic E-state index is 13.4. The summed E-state index contributed by atoms with van der Waals surface area (Å²) in [6, 6.07) is 1.37. The van der Waals surface area contributed by atoms with Crippen LogP contribution in [-0.4, -0.2) is 92.0 Å². The molecule has 13 nitrogen and oxygen atoms in total. The van der Waals surface area contributed by atoms with Gasteiger partial charge in [-0.2, -0.15) is 9.61 Å². The predicted molar refractivity (Wildman–Crippen MR) is 156 cm³/mol. The number of carbonyl (C=O) groups is 2. The summed E-state index contributed by atoms with van der Waals surface area (Å²) in [5, 5.41) is 32.3. The van der Waals surface area contributed by atoms with Crippen molar-refractivity contribution in [3.8, 4) is 0 Å². The van der Waals surface area contributed by atoms with Gasteiger partial charge in [0.25, 0.3) is 5.91 Å². The lowest BCUT2D eigenvalue weighted by atomic mass is 10.1. The third-order valence-electron chi connectivity index (χ3n) is 7.96. The van der Waals surface area contributed by atoms with Crippen LogP contribution in [0.15, 0.2) is 36.3 Å². The van der Waals surface area contributed by atoms with Gasteiger partial charge in [-0.15, -0.1) is 0 Å². The molecule has 2 saturated carbocycles. The number of aliphatic hydroxyl groups is 2. The minimum atomic E-state index is -1.05.